The predicted octanol–water partition coefficient (Wildman–Crippen LogP) is 2.78. The van der Waals surface area contributed by atoms with Gasteiger partial charge in [-0.1, -0.05) is 29.8 Å². The van der Waals surface area contributed by atoms with E-state index < -0.39 is 0 Å². The lowest BCUT2D eigenvalue weighted by molar-refractivity contribution is 0.198. The first kappa shape index (κ1) is 25.6. The summed E-state index contributed by atoms with van der Waals surface area (Å²) in [4.78, 5) is 9.21. The van der Waals surface area contributed by atoms with Crippen molar-refractivity contribution in [1.29, 1.82) is 0 Å². The Morgan fingerprint density at radius 2 is 2.03 bits per heavy atom. The van der Waals surface area contributed by atoms with Crippen LogP contribution >= 0.6 is 24.0 Å². The Labute approximate surface area is 204 Å². The average Bonchev–Trinajstić information content (AvgIpc) is 3.14. The van der Waals surface area contributed by atoms with Crippen LogP contribution in [0.2, 0.25) is 0 Å². The number of rotatable bonds is 7. The molecular weight excluding hydrogens is 501 g/mol. The van der Waals surface area contributed by atoms with Crippen LogP contribution in [-0.2, 0) is 13.6 Å². The Kier molecular flexibility index (Phi) is 10.2. The van der Waals surface area contributed by atoms with Crippen molar-refractivity contribution in [3.05, 3.63) is 53.3 Å². The number of hydrogen-bond acceptors (Lipinski definition) is 4. The fourth-order valence-corrected chi connectivity index (χ4v) is 4.10. The van der Waals surface area contributed by atoms with Crippen molar-refractivity contribution < 1.29 is 0 Å². The molecular formula is C23H38IN7. The number of guanidine groups is 1. The Bertz CT molecular complexity index is 825. The lowest BCUT2D eigenvalue weighted by Crippen LogP contribution is -2.49. The first-order chi connectivity index (χ1) is 14.4. The molecule has 1 unspecified atom stereocenters. The van der Waals surface area contributed by atoms with Crippen molar-refractivity contribution in [2.75, 3.05) is 40.8 Å². The zero-order valence-electron chi connectivity index (χ0n) is 19.5. The summed E-state index contributed by atoms with van der Waals surface area (Å²) in [5, 5.41) is 11.4. The molecule has 2 aromatic rings. The molecule has 0 spiro atoms. The minimum absolute atomic E-state index is 0. The van der Waals surface area contributed by atoms with Crippen molar-refractivity contribution in [3.63, 3.8) is 0 Å². The van der Waals surface area contributed by atoms with Crippen LogP contribution in [0, 0.1) is 6.92 Å². The minimum atomic E-state index is 0. The van der Waals surface area contributed by atoms with Crippen LogP contribution in [0.1, 0.15) is 35.6 Å². The Hall–Kier alpha value is -1.65. The molecule has 0 amide bonds. The van der Waals surface area contributed by atoms with E-state index in [2.05, 4.69) is 82.0 Å². The quantitative estimate of drug-likeness (QED) is 0.322. The predicted molar refractivity (Wildman–Crippen MR) is 139 cm³/mol. The molecule has 1 aliphatic heterocycles. The first-order valence-corrected chi connectivity index (χ1v) is 10.8. The van der Waals surface area contributed by atoms with Crippen molar-refractivity contribution >= 4 is 29.9 Å². The van der Waals surface area contributed by atoms with Gasteiger partial charge in [0.2, 0.25) is 0 Å². The number of hydrogen-bond donors (Lipinski definition) is 2. The number of nitrogens with one attached hydrogen (secondary N) is 2. The fourth-order valence-electron chi connectivity index (χ4n) is 4.10. The molecule has 1 aliphatic rings. The summed E-state index contributed by atoms with van der Waals surface area (Å²) in [6.45, 7) is 6.20. The van der Waals surface area contributed by atoms with Gasteiger partial charge in [-0.25, -0.2) is 0 Å². The van der Waals surface area contributed by atoms with Gasteiger partial charge >= 0.3 is 0 Å². The largest absolute Gasteiger partial charge is 0.354 e. The van der Waals surface area contributed by atoms with E-state index >= 15 is 0 Å². The molecule has 2 N–H and O–H groups in total. The highest BCUT2D eigenvalue weighted by atomic mass is 127. The topological polar surface area (TPSA) is 60.7 Å². The van der Waals surface area contributed by atoms with Crippen LogP contribution in [0.25, 0.3) is 0 Å². The summed E-state index contributed by atoms with van der Waals surface area (Å²) < 4.78 is 1.85. The maximum Gasteiger partial charge on any atom is 0.191 e. The van der Waals surface area contributed by atoms with E-state index in [-0.39, 0.29) is 30.0 Å². The highest BCUT2D eigenvalue weighted by Crippen LogP contribution is 2.17. The van der Waals surface area contributed by atoms with E-state index in [9.17, 15) is 0 Å². The molecule has 31 heavy (non-hydrogen) atoms. The zero-order valence-corrected chi connectivity index (χ0v) is 21.8. The highest BCUT2D eigenvalue weighted by molar-refractivity contribution is 14.0. The number of aliphatic imine (C=N–C) groups is 1. The molecule has 1 saturated heterocycles. The lowest BCUT2D eigenvalue weighted by Gasteiger charge is -2.33. The van der Waals surface area contributed by atoms with E-state index in [1.807, 2.05) is 25.0 Å². The Morgan fingerprint density at radius 3 is 2.61 bits per heavy atom. The second-order valence-electron chi connectivity index (χ2n) is 8.56. The summed E-state index contributed by atoms with van der Waals surface area (Å²) in [7, 11) is 7.99. The van der Waals surface area contributed by atoms with Gasteiger partial charge in [-0.2, -0.15) is 5.10 Å². The molecule has 1 aromatic carbocycles. The van der Waals surface area contributed by atoms with Gasteiger partial charge in [0.25, 0.3) is 0 Å². The van der Waals surface area contributed by atoms with Crippen molar-refractivity contribution in [1.82, 2.24) is 30.2 Å². The van der Waals surface area contributed by atoms with Crippen LogP contribution < -0.4 is 10.6 Å². The van der Waals surface area contributed by atoms with E-state index in [0.29, 0.717) is 6.04 Å². The SMILES string of the molecule is CN=C(NCC(c1cnn(C)c1)N(C)C)NC1CCN(Cc2cccc(C)c2)CC1.I. The highest BCUT2D eigenvalue weighted by Gasteiger charge is 2.21. The molecule has 7 nitrogen and oxygen atoms in total. The summed E-state index contributed by atoms with van der Waals surface area (Å²) in [5.74, 6) is 0.878. The molecule has 172 valence electrons. The molecule has 1 atom stereocenters. The van der Waals surface area contributed by atoms with Crippen molar-refractivity contribution in [2.24, 2.45) is 12.0 Å². The number of halogens is 1. The van der Waals surface area contributed by atoms with Gasteiger partial charge < -0.3 is 15.5 Å². The Balaban J connectivity index is 0.00000341. The van der Waals surface area contributed by atoms with Gasteiger partial charge in [0.1, 0.15) is 0 Å². The zero-order chi connectivity index (χ0) is 21.5. The third kappa shape index (κ3) is 7.76. The second-order valence-corrected chi connectivity index (χ2v) is 8.56. The number of benzene rings is 1. The average molecular weight is 540 g/mol. The van der Waals surface area contributed by atoms with E-state index in [0.717, 1.165) is 45.0 Å². The number of likely N-dealkylation sites (N-methyl/N-ethyl adjacent to an activating group) is 1. The summed E-state index contributed by atoms with van der Waals surface area (Å²) in [5.41, 5.74) is 3.94. The summed E-state index contributed by atoms with van der Waals surface area (Å²) in [6.07, 6.45) is 6.28. The molecule has 0 saturated carbocycles. The summed E-state index contributed by atoms with van der Waals surface area (Å²) in [6, 6.07) is 9.54. The second kappa shape index (κ2) is 12.4. The van der Waals surface area contributed by atoms with Crippen LogP contribution in [0.4, 0.5) is 0 Å². The molecule has 0 bridgehead atoms. The van der Waals surface area contributed by atoms with Crippen LogP contribution in [0.3, 0.4) is 0 Å². The molecule has 1 aromatic heterocycles. The maximum atomic E-state index is 4.45. The van der Waals surface area contributed by atoms with Crippen LogP contribution in [0.5, 0.6) is 0 Å². The maximum absolute atomic E-state index is 4.45. The number of aromatic nitrogens is 2. The smallest absolute Gasteiger partial charge is 0.191 e. The van der Waals surface area contributed by atoms with E-state index in [4.69, 9.17) is 0 Å². The number of aryl methyl sites for hydroxylation is 2. The standard InChI is InChI=1S/C23H37N7.HI/c1-18-7-6-8-19(13-18)16-30-11-9-21(10-12-30)27-23(24-2)25-15-22(28(3)4)20-14-26-29(5)17-20;/h6-8,13-14,17,21-22H,9-12,15-16H2,1-5H3,(H2,24,25,27);1H. The minimum Gasteiger partial charge on any atom is -0.354 e. The molecule has 1 fully saturated rings. The number of piperidine rings is 1. The number of nitrogens with zero attached hydrogens (tertiary/aromatic N) is 5. The van der Waals surface area contributed by atoms with Gasteiger partial charge in [-0.3, -0.25) is 14.6 Å². The molecule has 0 aliphatic carbocycles. The van der Waals surface area contributed by atoms with E-state index in [1.165, 1.54) is 16.7 Å². The normalized spacial score (nSPS) is 16.8. The van der Waals surface area contributed by atoms with Gasteiger partial charge in [0.05, 0.1) is 12.2 Å². The van der Waals surface area contributed by atoms with Gasteiger partial charge in [-0.05, 0) is 39.4 Å². The van der Waals surface area contributed by atoms with E-state index in [1.54, 1.807) is 0 Å². The molecule has 8 heteroatoms. The van der Waals surface area contributed by atoms with Crippen molar-refractivity contribution in [3.8, 4) is 0 Å². The van der Waals surface area contributed by atoms with Crippen LogP contribution in [0.15, 0.2) is 41.7 Å². The van der Waals surface area contributed by atoms with Crippen LogP contribution in [-0.4, -0.2) is 72.4 Å². The van der Waals surface area contributed by atoms with Gasteiger partial charge in [-0.15, -0.1) is 24.0 Å². The lowest BCUT2D eigenvalue weighted by atomic mass is 10.0. The van der Waals surface area contributed by atoms with Crippen molar-refractivity contribution in [2.45, 2.75) is 38.4 Å². The van der Waals surface area contributed by atoms with Gasteiger partial charge in [0, 0.05) is 58.1 Å². The monoisotopic (exact) mass is 539 g/mol. The first-order valence-electron chi connectivity index (χ1n) is 10.8. The molecule has 0 radical (unpaired) electrons. The third-order valence-corrected chi connectivity index (χ3v) is 5.84. The van der Waals surface area contributed by atoms with Gasteiger partial charge in [0.15, 0.2) is 5.96 Å². The summed E-state index contributed by atoms with van der Waals surface area (Å²) >= 11 is 0. The molecule has 2 heterocycles. The fraction of sp³-hybridized carbons (Fsp3) is 0.565. The third-order valence-electron chi connectivity index (χ3n) is 5.84. The Morgan fingerprint density at radius 1 is 1.29 bits per heavy atom. The molecule has 3 rings (SSSR count). The number of likely N-dealkylation sites (tertiary alicyclic amines) is 1.